The lowest BCUT2D eigenvalue weighted by Crippen LogP contribution is -2.22. The molecule has 0 bridgehead atoms. The number of rotatable bonds is 5. The Hall–Kier alpha value is -2.43. The maximum absolute atomic E-state index is 9.92. The molecular formula is C34H81BN3O12PSSi. The summed E-state index contributed by atoms with van der Waals surface area (Å²) in [6.45, 7) is 27.5. The van der Waals surface area contributed by atoms with Crippen LogP contribution < -0.4 is 5.73 Å². The lowest BCUT2D eigenvalue weighted by atomic mass is 9.97. The number of hydrogen-bond acceptors (Lipinski definition) is 13. The number of aromatic nitrogens is 1. The van der Waals surface area contributed by atoms with Gasteiger partial charge in [-0.3, -0.25) is 23.5 Å². The van der Waals surface area contributed by atoms with Gasteiger partial charge in [-0.25, -0.2) is 0 Å². The van der Waals surface area contributed by atoms with Crippen molar-refractivity contribution in [3.05, 3.63) is 43.2 Å². The summed E-state index contributed by atoms with van der Waals surface area (Å²) in [5, 5.41) is 8.14. The number of nitrogens with zero attached hydrogens (tertiary/aromatic N) is 2. The van der Waals surface area contributed by atoms with Gasteiger partial charge >= 0.3 is 20.7 Å². The van der Waals surface area contributed by atoms with Crippen molar-refractivity contribution in [3.8, 4) is 12.3 Å². The molecule has 4 N–H and O–H groups in total. The van der Waals surface area contributed by atoms with Crippen molar-refractivity contribution < 1.29 is 55.0 Å². The molecule has 1 atom stereocenters. The van der Waals surface area contributed by atoms with E-state index in [9.17, 15) is 17.8 Å². The highest BCUT2D eigenvalue weighted by atomic mass is 32.2. The largest absolute Gasteiger partial charge is 0.469 e. The van der Waals surface area contributed by atoms with Gasteiger partial charge in [-0.1, -0.05) is 46.8 Å². The summed E-state index contributed by atoms with van der Waals surface area (Å²) in [5.41, 5.74) is 5.04. The van der Waals surface area contributed by atoms with E-state index in [4.69, 9.17) is 20.1 Å². The van der Waals surface area contributed by atoms with Crippen LogP contribution >= 0.6 is 7.60 Å². The van der Waals surface area contributed by atoms with Gasteiger partial charge in [0, 0.05) is 68.6 Å². The monoisotopic (exact) mass is 826 g/mol. The fourth-order valence-corrected chi connectivity index (χ4v) is 0.313. The van der Waals surface area contributed by atoms with Crippen molar-refractivity contribution in [3.63, 3.8) is 0 Å². The van der Waals surface area contributed by atoms with Gasteiger partial charge in [0.1, 0.15) is 0 Å². The first-order chi connectivity index (χ1) is 24.2. The second-order valence-electron chi connectivity index (χ2n) is 8.99. The summed E-state index contributed by atoms with van der Waals surface area (Å²) in [4.78, 5) is 25.1. The second-order valence-corrected chi connectivity index (χ2v) is 17.3. The minimum absolute atomic E-state index is 0.245. The standard InChI is InChI=1S/C5H5N.C4H12OSi.C4H8.C3H8N2.C3H6O2.C3H4.C2H7BO2.C2H7O3P.C2H6O3S.C2H6O.2C2H6/c1-2-4-6-5-3-1;1-5-6(2,3)4;1-3-4-2;2*1-3(4)5-2;1-3-2;1-3(4)5-2;2*1-5-6(2,3)4;1-3-2;2*1-2/h1-5H;1-4H3;3H,1,4H2,2H3;1-2H3,(H2,4,5);1-2H3;1H,2H3;4H,1-2H3;1-2H3,(H,3,4);1-2H3;1-2H3;2*1-2H3. The smallest absolute Gasteiger partial charge is 0.450 e. The molecule has 0 aliphatic carbocycles. The number of ether oxygens (including phenoxy) is 2. The number of carbonyl (C=O) groups is 1. The summed E-state index contributed by atoms with van der Waals surface area (Å²) in [7, 11) is 3.74. The first kappa shape index (κ1) is 79.4. The van der Waals surface area contributed by atoms with E-state index >= 15 is 0 Å². The maximum Gasteiger partial charge on any atom is 0.450 e. The van der Waals surface area contributed by atoms with Gasteiger partial charge in [0.2, 0.25) is 0 Å². The molecule has 15 nitrogen and oxygen atoms in total. The summed E-state index contributed by atoms with van der Waals surface area (Å²) < 4.78 is 55.2. The predicted octanol–water partition coefficient (Wildman–Crippen LogP) is 7.04. The molecular weight excluding hydrogens is 744 g/mol. The highest BCUT2D eigenvalue weighted by Crippen LogP contribution is 2.34. The predicted molar refractivity (Wildman–Crippen MR) is 232 cm³/mol. The molecule has 19 heteroatoms. The third-order valence-corrected chi connectivity index (χ3v) is 5.60. The minimum atomic E-state index is -3.16. The van der Waals surface area contributed by atoms with Gasteiger partial charge in [0.05, 0.1) is 26.3 Å². The topological polar surface area (TPSA) is 215 Å². The van der Waals surface area contributed by atoms with Gasteiger partial charge in [0.25, 0.3) is 10.1 Å². The van der Waals surface area contributed by atoms with Crippen LogP contribution in [0.5, 0.6) is 0 Å². The van der Waals surface area contributed by atoms with Crippen LogP contribution in [0.15, 0.2) is 48.2 Å². The highest BCUT2D eigenvalue weighted by molar-refractivity contribution is 7.85. The Labute approximate surface area is 328 Å². The van der Waals surface area contributed by atoms with Crippen LogP contribution in [0.25, 0.3) is 0 Å². The summed E-state index contributed by atoms with van der Waals surface area (Å²) >= 11 is 0. The molecule has 1 aromatic rings. The zero-order valence-electron chi connectivity index (χ0n) is 37.3. The molecule has 0 saturated heterocycles. The van der Waals surface area contributed by atoms with Crippen molar-refractivity contribution >= 4 is 45.0 Å². The van der Waals surface area contributed by atoms with Crippen LogP contribution in [0.1, 0.15) is 61.8 Å². The molecule has 0 spiro atoms. The number of hydrogen-bond donors (Lipinski definition) is 3. The van der Waals surface area contributed by atoms with Crippen LogP contribution in [0.2, 0.25) is 26.5 Å². The van der Waals surface area contributed by atoms with E-state index in [1.165, 1.54) is 28.3 Å². The quantitative estimate of drug-likeness (QED) is 0.0397. The van der Waals surface area contributed by atoms with E-state index in [1.807, 2.05) is 52.0 Å². The number of allylic oxidation sites excluding steroid dienone is 1. The number of aliphatic imine (C=N–C) groups is 1. The average molecular weight is 826 g/mol. The van der Waals surface area contributed by atoms with E-state index in [1.54, 1.807) is 61.4 Å². The van der Waals surface area contributed by atoms with Crippen molar-refractivity contribution in [1.82, 2.24) is 4.98 Å². The number of nitrogens with two attached hydrogens (primary N) is 1. The van der Waals surface area contributed by atoms with Crippen molar-refractivity contribution in [2.45, 2.75) is 88.3 Å². The maximum atomic E-state index is 9.92. The number of methoxy groups -OCH3 is 2. The molecule has 0 aliphatic rings. The lowest BCUT2D eigenvalue weighted by Gasteiger charge is -2.10. The Kier molecular flexibility index (Phi) is 106. The number of esters is 1. The summed E-state index contributed by atoms with van der Waals surface area (Å²) in [6, 6.07) is 5.72. The molecule has 322 valence electrons. The van der Waals surface area contributed by atoms with Crippen LogP contribution in [0, 0.1) is 12.3 Å². The third-order valence-electron chi connectivity index (χ3n) is 3.09. The molecule has 0 radical (unpaired) electrons. The van der Waals surface area contributed by atoms with Crippen LogP contribution in [-0.4, -0.2) is 120 Å². The summed E-state index contributed by atoms with van der Waals surface area (Å²) in [5.74, 6) is 2.63. The Morgan fingerprint density at radius 2 is 1.25 bits per heavy atom. The van der Waals surface area contributed by atoms with Crippen LogP contribution in [-0.2, 0) is 46.7 Å². The molecule has 0 fully saturated rings. The molecule has 1 heterocycles. The first-order valence-corrected chi connectivity index (χ1v) is 23.3. The molecule has 53 heavy (non-hydrogen) atoms. The SMILES string of the molecule is C#CC.C=CCC.CC.CC.CN=C(C)N.COB(C)O.COC.COC(C)=O.COP(C)(=O)O.COS(C)(=O)=O.CO[Si](C)(C)C.c1ccncc1. The van der Waals surface area contributed by atoms with E-state index < -0.39 is 33.1 Å². The van der Waals surface area contributed by atoms with E-state index in [0.717, 1.165) is 26.5 Å². The fourth-order valence-electron chi connectivity index (χ4n) is 0.313. The first-order valence-electron chi connectivity index (χ1n) is 16.1. The van der Waals surface area contributed by atoms with Gasteiger partial charge in [-0.15, -0.1) is 18.9 Å². The van der Waals surface area contributed by atoms with E-state index in [-0.39, 0.29) is 5.97 Å². The van der Waals surface area contributed by atoms with Gasteiger partial charge < -0.3 is 38.7 Å². The van der Waals surface area contributed by atoms with Crippen LogP contribution in [0.4, 0.5) is 0 Å². The number of pyridine rings is 1. The van der Waals surface area contributed by atoms with Crippen molar-refractivity contribution in [1.29, 1.82) is 0 Å². The van der Waals surface area contributed by atoms with Crippen molar-refractivity contribution in [2.75, 3.05) is 69.7 Å². The zero-order chi connectivity index (χ0) is 45.5. The average Bonchev–Trinajstić information content (AvgIpc) is 3.12. The van der Waals surface area contributed by atoms with Crippen molar-refractivity contribution in [2.24, 2.45) is 10.7 Å². The molecule has 1 aromatic heterocycles. The van der Waals surface area contributed by atoms with Gasteiger partial charge in [0.15, 0.2) is 8.32 Å². The minimum Gasteiger partial charge on any atom is -0.469 e. The normalized spacial score (nSPS) is 9.53. The molecule has 0 amide bonds. The Balaban J connectivity index is -0.0000000409. The molecule has 1 unspecified atom stereocenters. The number of amidine groups is 1. The van der Waals surface area contributed by atoms with E-state index in [0.29, 0.717) is 5.84 Å². The molecule has 0 aromatic carbocycles. The molecule has 1 rings (SSSR count). The van der Waals surface area contributed by atoms with Gasteiger partial charge in [-0.05, 0) is 58.9 Å². The highest BCUT2D eigenvalue weighted by Gasteiger charge is 2.09. The Morgan fingerprint density at radius 1 is 1.04 bits per heavy atom. The zero-order valence-corrected chi connectivity index (χ0v) is 40.0. The Morgan fingerprint density at radius 3 is 1.26 bits per heavy atom. The van der Waals surface area contributed by atoms with E-state index in [2.05, 4.69) is 78.3 Å². The second kappa shape index (κ2) is 71.0. The number of carbonyl (C=O) groups excluding carboxylic acids is 1. The fraction of sp³-hybridized carbons (Fsp3) is 0.676. The number of terminal acetylenes is 1. The van der Waals surface area contributed by atoms with Crippen LogP contribution in [0.3, 0.4) is 0 Å². The van der Waals surface area contributed by atoms with Gasteiger partial charge in [-0.2, -0.15) is 8.42 Å². The Bertz CT molecular complexity index is 962. The lowest BCUT2D eigenvalue weighted by molar-refractivity contribution is -0.137. The molecule has 0 saturated carbocycles. The molecule has 0 aliphatic heterocycles. The summed E-state index contributed by atoms with van der Waals surface area (Å²) in [6.07, 6.45) is 12.0. The third kappa shape index (κ3) is 293.